The Hall–Kier alpha value is -1.70. The van der Waals surface area contributed by atoms with Crippen LogP contribution in [0.25, 0.3) is 5.57 Å². The predicted molar refractivity (Wildman–Crippen MR) is 75.2 cm³/mol. The van der Waals surface area contributed by atoms with E-state index >= 15 is 0 Å². The average Bonchev–Trinajstić information content (AvgIpc) is 2.99. The standard InChI is InChI=1S/C14H15NO5S/c1-6(17)11-9-3-8(10-2-7(4-16)5-21-10)12(14(19)20)15(9)13(11)18/h2,5-6,9,11,16-17H,3-4H2,1H3,(H,19,20)/t6-,9-,11-/m1/s1. The number of aliphatic hydroxyl groups is 2. The van der Waals surface area contributed by atoms with Crippen molar-refractivity contribution in [3.63, 3.8) is 0 Å². The zero-order valence-electron chi connectivity index (χ0n) is 11.3. The van der Waals surface area contributed by atoms with Crippen molar-refractivity contribution in [2.24, 2.45) is 5.92 Å². The van der Waals surface area contributed by atoms with Gasteiger partial charge < -0.3 is 20.2 Å². The van der Waals surface area contributed by atoms with E-state index in [-0.39, 0.29) is 24.3 Å². The van der Waals surface area contributed by atoms with E-state index in [9.17, 15) is 19.8 Å². The van der Waals surface area contributed by atoms with Gasteiger partial charge >= 0.3 is 5.97 Å². The maximum absolute atomic E-state index is 12.1. The Bertz CT molecular complexity index is 648. The molecule has 0 bridgehead atoms. The Morgan fingerprint density at radius 3 is 2.81 bits per heavy atom. The van der Waals surface area contributed by atoms with Crippen LogP contribution in [0.1, 0.15) is 23.8 Å². The van der Waals surface area contributed by atoms with E-state index in [1.54, 1.807) is 18.4 Å². The lowest BCUT2D eigenvalue weighted by molar-refractivity contribution is -0.161. The van der Waals surface area contributed by atoms with Crippen LogP contribution in [0.2, 0.25) is 0 Å². The lowest BCUT2D eigenvalue weighted by Gasteiger charge is -2.44. The summed E-state index contributed by atoms with van der Waals surface area (Å²) < 4.78 is 0. The van der Waals surface area contributed by atoms with Gasteiger partial charge in [0.25, 0.3) is 0 Å². The molecule has 3 heterocycles. The Morgan fingerprint density at radius 2 is 2.29 bits per heavy atom. The summed E-state index contributed by atoms with van der Waals surface area (Å²) in [4.78, 5) is 25.6. The maximum Gasteiger partial charge on any atom is 0.352 e. The molecular formula is C14H15NO5S. The van der Waals surface area contributed by atoms with Crippen molar-refractivity contribution >= 4 is 28.8 Å². The fraction of sp³-hybridized carbons (Fsp3) is 0.429. The molecule has 0 aliphatic carbocycles. The minimum Gasteiger partial charge on any atom is -0.477 e. The first-order chi connectivity index (χ1) is 9.95. The molecule has 2 aliphatic rings. The van der Waals surface area contributed by atoms with Crippen molar-refractivity contribution in [3.05, 3.63) is 27.6 Å². The van der Waals surface area contributed by atoms with Crippen molar-refractivity contribution in [1.29, 1.82) is 0 Å². The summed E-state index contributed by atoms with van der Waals surface area (Å²) in [7, 11) is 0. The molecule has 0 spiro atoms. The lowest BCUT2D eigenvalue weighted by atomic mass is 9.83. The third-order valence-electron chi connectivity index (χ3n) is 4.06. The maximum atomic E-state index is 12.1. The second-order valence-electron chi connectivity index (χ2n) is 5.36. The Morgan fingerprint density at radius 1 is 1.57 bits per heavy atom. The second kappa shape index (κ2) is 4.94. The van der Waals surface area contributed by atoms with Crippen LogP contribution in [0, 0.1) is 5.92 Å². The number of carbonyl (C=O) groups is 2. The summed E-state index contributed by atoms with van der Waals surface area (Å²) in [6, 6.07) is 1.47. The minimum atomic E-state index is -1.14. The summed E-state index contributed by atoms with van der Waals surface area (Å²) in [5, 5.41) is 30.0. The molecule has 2 aliphatic heterocycles. The predicted octanol–water partition coefficient (Wildman–Crippen LogP) is 0.648. The zero-order chi connectivity index (χ0) is 15.3. The summed E-state index contributed by atoms with van der Waals surface area (Å²) >= 11 is 1.35. The molecule has 1 aromatic rings. The van der Waals surface area contributed by atoms with Gasteiger partial charge in [-0.3, -0.25) is 4.79 Å². The fourth-order valence-electron chi connectivity index (χ4n) is 3.11. The molecule has 6 nitrogen and oxygen atoms in total. The van der Waals surface area contributed by atoms with Crippen molar-refractivity contribution < 1.29 is 24.9 Å². The number of amides is 1. The molecule has 3 N–H and O–H groups in total. The molecule has 112 valence electrons. The highest BCUT2D eigenvalue weighted by Gasteiger charge is 2.56. The SMILES string of the molecule is C[C@@H](O)[C@H]1C(=O)N2C(C(=O)O)=C(c3cc(CO)cs3)C[C@H]12. The number of fused-ring (bicyclic) bond motifs is 1. The molecule has 0 radical (unpaired) electrons. The number of nitrogens with zero attached hydrogens (tertiary/aromatic N) is 1. The van der Waals surface area contributed by atoms with Crippen molar-refractivity contribution in [3.8, 4) is 0 Å². The number of aliphatic carboxylic acids is 1. The first-order valence-electron chi connectivity index (χ1n) is 6.62. The number of aliphatic hydroxyl groups excluding tert-OH is 2. The summed E-state index contributed by atoms with van der Waals surface area (Å²) in [6.45, 7) is 1.45. The quantitative estimate of drug-likeness (QED) is 0.709. The third-order valence-corrected chi connectivity index (χ3v) is 5.10. The largest absolute Gasteiger partial charge is 0.477 e. The molecular weight excluding hydrogens is 294 g/mol. The second-order valence-corrected chi connectivity index (χ2v) is 6.27. The van der Waals surface area contributed by atoms with E-state index in [0.29, 0.717) is 12.0 Å². The highest BCUT2D eigenvalue weighted by Crippen LogP contribution is 2.47. The molecule has 0 aromatic carbocycles. The van der Waals surface area contributed by atoms with Crippen LogP contribution >= 0.6 is 11.3 Å². The number of carbonyl (C=O) groups excluding carboxylic acids is 1. The van der Waals surface area contributed by atoms with E-state index in [2.05, 4.69) is 0 Å². The molecule has 7 heteroatoms. The number of carboxylic acids is 1. The number of rotatable bonds is 4. The van der Waals surface area contributed by atoms with Crippen LogP contribution in [-0.2, 0) is 16.2 Å². The summed E-state index contributed by atoms with van der Waals surface area (Å²) in [5.41, 5.74) is 1.34. The fourth-order valence-corrected chi connectivity index (χ4v) is 4.07. The normalized spacial score (nSPS) is 25.9. The zero-order valence-corrected chi connectivity index (χ0v) is 12.1. The lowest BCUT2D eigenvalue weighted by Crippen LogP contribution is -2.61. The molecule has 3 atom stereocenters. The molecule has 0 saturated carbocycles. The van der Waals surface area contributed by atoms with Crippen molar-refractivity contribution in [2.45, 2.75) is 32.1 Å². The minimum absolute atomic E-state index is 0.00763. The Labute approximate surface area is 124 Å². The van der Waals surface area contributed by atoms with Crippen LogP contribution < -0.4 is 0 Å². The molecule has 21 heavy (non-hydrogen) atoms. The number of β-lactam (4-membered cyclic amide) rings is 1. The van der Waals surface area contributed by atoms with Gasteiger partial charge in [-0.25, -0.2) is 4.79 Å². The van der Waals surface area contributed by atoms with Crippen LogP contribution in [0.15, 0.2) is 17.1 Å². The Balaban J connectivity index is 2.00. The smallest absolute Gasteiger partial charge is 0.352 e. The van der Waals surface area contributed by atoms with E-state index in [1.165, 1.54) is 16.2 Å². The third kappa shape index (κ3) is 2.00. The van der Waals surface area contributed by atoms with Crippen LogP contribution in [-0.4, -0.2) is 44.2 Å². The molecule has 3 rings (SSSR count). The molecule has 1 fully saturated rings. The van der Waals surface area contributed by atoms with Gasteiger partial charge in [0.05, 0.1) is 24.7 Å². The van der Waals surface area contributed by atoms with Gasteiger partial charge in [-0.15, -0.1) is 11.3 Å². The molecule has 1 saturated heterocycles. The molecule has 1 aromatic heterocycles. The monoisotopic (exact) mass is 309 g/mol. The summed E-state index contributed by atoms with van der Waals surface area (Å²) in [5.74, 6) is -2.00. The number of carboxylic acid groups (broad SMARTS) is 1. The number of hydrogen-bond donors (Lipinski definition) is 3. The number of hydrogen-bond acceptors (Lipinski definition) is 5. The van der Waals surface area contributed by atoms with Crippen LogP contribution in [0.4, 0.5) is 0 Å². The van der Waals surface area contributed by atoms with Crippen molar-refractivity contribution in [1.82, 2.24) is 4.90 Å². The molecule has 0 unspecified atom stereocenters. The highest BCUT2D eigenvalue weighted by molar-refractivity contribution is 7.11. The van der Waals surface area contributed by atoms with Gasteiger partial charge in [0, 0.05) is 10.5 Å². The highest BCUT2D eigenvalue weighted by atomic mass is 32.1. The first kappa shape index (κ1) is 14.2. The van der Waals surface area contributed by atoms with Gasteiger partial charge in [0.15, 0.2) is 0 Å². The van der Waals surface area contributed by atoms with Gasteiger partial charge in [0.1, 0.15) is 5.70 Å². The van der Waals surface area contributed by atoms with E-state index in [0.717, 1.165) is 10.4 Å². The van der Waals surface area contributed by atoms with Crippen molar-refractivity contribution in [2.75, 3.05) is 0 Å². The topological polar surface area (TPSA) is 98.1 Å². The van der Waals surface area contributed by atoms with Crippen LogP contribution in [0.5, 0.6) is 0 Å². The van der Waals surface area contributed by atoms with E-state index in [4.69, 9.17) is 5.11 Å². The van der Waals surface area contributed by atoms with Gasteiger partial charge in [-0.2, -0.15) is 0 Å². The van der Waals surface area contributed by atoms with Gasteiger partial charge in [0.2, 0.25) is 5.91 Å². The first-order valence-corrected chi connectivity index (χ1v) is 7.50. The van der Waals surface area contributed by atoms with Gasteiger partial charge in [-0.05, 0) is 30.4 Å². The number of thiophene rings is 1. The average molecular weight is 309 g/mol. The van der Waals surface area contributed by atoms with E-state index < -0.39 is 18.0 Å². The van der Waals surface area contributed by atoms with E-state index in [1.807, 2.05) is 0 Å². The molecule has 1 amide bonds. The van der Waals surface area contributed by atoms with Crippen LogP contribution in [0.3, 0.4) is 0 Å². The summed E-state index contributed by atoms with van der Waals surface area (Å²) in [6.07, 6.45) is -0.363. The van der Waals surface area contributed by atoms with Gasteiger partial charge in [-0.1, -0.05) is 0 Å². The Kier molecular flexibility index (Phi) is 3.35.